The predicted octanol–water partition coefficient (Wildman–Crippen LogP) is 0.767. The minimum Gasteiger partial charge on any atom is -0.418 e. The summed E-state index contributed by atoms with van der Waals surface area (Å²) in [6, 6.07) is 0. The molecule has 0 bridgehead atoms. The van der Waals surface area contributed by atoms with Gasteiger partial charge < -0.3 is 19.7 Å². The Morgan fingerprint density at radius 2 is 1.78 bits per heavy atom. The van der Waals surface area contributed by atoms with Gasteiger partial charge in [0.15, 0.2) is 0 Å². The lowest BCUT2D eigenvalue weighted by Gasteiger charge is -2.22. The number of carbonyl (C=O) groups is 2. The molecule has 6 nitrogen and oxygen atoms in total. The van der Waals surface area contributed by atoms with Crippen molar-refractivity contribution in [2.45, 2.75) is 25.7 Å². The molecule has 0 radical (unpaired) electrons. The van der Waals surface area contributed by atoms with Gasteiger partial charge in [-0.2, -0.15) is 0 Å². The van der Waals surface area contributed by atoms with Gasteiger partial charge in [0.2, 0.25) is 5.76 Å². The Morgan fingerprint density at radius 3 is 2.22 bits per heavy atom. The number of esters is 2. The minimum atomic E-state index is -3.03. The molecule has 0 aliphatic heterocycles. The Labute approximate surface area is 105 Å². The highest BCUT2D eigenvalue weighted by Crippen LogP contribution is 2.19. The molecule has 0 atom stereocenters. The maximum atomic E-state index is 11.0. The lowest BCUT2D eigenvalue weighted by molar-refractivity contribution is -0.306. The van der Waals surface area contributed by atoms with E-state index < -0.39 is 23.7 Å². The van der Waals surface area contributed by atoms with Crippen molar-refractivity contribution >= 4 is 11.9 Å². The van der Waals surface area contributed by atoms with Gasteiger partial charge in [-0.25, -0.2) is 9.59 Å². The summed E-state index contributed by atoms with van der Waals surface area (Å²) in [7, 11) is 0. The molecule has 0 spiro atoms. The maximum Gasteiger partial charge on any atom is 0.387 e. The highest BCUT2D eigenvalue weighted by atomic mass is 16.8. The average Bonchev–Trinajstić information content (AvgIpc) is 2.32. The maximum absolute atomic E-state index is 11.0. The van der Waals surface area contributed by atoms with E-state index in [1.54, 1.807) is 0 Å². The molecule has 0 aromatic carbocycles. The van der Waals surface area contributed by atoms with Gasteiger partial charge in [-0.1, -0.05) is 26.5 Å². The van der Waals surface area contributed by atoms with Gasteiger partial charge in [-0.15, -0.1) is 0 Å². The molecule has 0 amide bonds. The van der Waals surface area contributed by atoms with Crippen molar-refractivity contribution in [3.05, 3.63) is 37.1 Å². The molecule has 0 rings (SSSR count). The number of aliphatic hydroxyl groups is 2. The Balaban J connectivity index is 5.03. The zero-order valence-electron chi connectivity index (χ0n) is 10.1. The minimum absolute atomic E-state index is 0.397. The normalized spacial score (nSPS) is 11.6. The summed E-state index contributed by atoms with van der Waals surface area (Å²) in [6.07, 6.45) is 3.88. The number of unbranched alkanes of at least 4 members (excludes halogenated alkanes) is 1. The van der Waals surface area contributed by atoms with Crippen molar-refractivity contribution in [1.29, 1.82) is 0 Å². The van der Waals surface area contributed by atoms with Crippen LogP contribution in [-0.4, -0.2) is 28.1 Å². The first-order valence-electron chi connectivity index (χ1n) is 5.22. The van der Waals surface area contributed by atoms with Crippen LogP contribution in [0, 0.1) is 0 Å². The van der Waals surface area contributed by atoms with Crippen molar-refractivity contribution in [3.8, 4) is 0 Å². The Morgan fingerprint density at radius 1 is 1.22 bits per heavy atom. The van der Waals surface area contributed by atoms with E-state index in [1.165, 1.54) is 6.08 Å². The smallest absolute Gasteiger partial charge is 0.387 e. The summed E-state index contributed by atoms with van der Waals surface area (Å²) < 4.78 is 8.87. The van der Waals surface area contributed by atoms with Gasteiger partial charge in [0.25, 0.3) is 0 Å². The topological polar surface area (TPSA) is 93.1 Å². The quantitative estimate of drug-likeness (QED) is 0.302. The SMILES string of the molecule is C=CC(=O)O/C(=C\CCC)C(O)(O)OC(=O)C=C. The van der Waals surface area contributed by atoms with E-state index in [-0.39, 0.29) is 0 Å². The highest BCUT2D eigenvalue weighted by molar-refractivity contribution is 5.83. The Hall–Kier alpha value is -1.92. The first-order valence-corrected chi connectivity index (χ1v) is 5.22. The summed E-state index contributed by atoms with van der Waals surface area (Å²) in [5.74, 6) is -5.60. The lowest BCUT2D eigenvalue weighted by Crippen LogP contribution is -2.38. The number of rotatable bonds is 7. The molecule has 18 heavy (non-hydrogen) atoms. The summed E-state index contributed by atoms with van der Waals surface area (Å²) >= 11 is 0. The van der Waals surface area contributed by atoms with E-state index in [0.29, 0.717) is 12.8 Å². The molecule has 100 valence electrons. The molecule has 6 heteroatoms. The molecular weight excluding hydrogens is 240 g/mol. The van der Waals surface area contributed by atoms with Crippen LogP contribution >= 0.6 is 0 Å². The fourth-order valence-corrected chi connectivity index (χ4v) is 0.899. The second-order valence-electron chi connectivity index (χ2n) is 3.22. The van der Waals surface area contributed by atoms with Crippen LogP contribution in [0.3, 0.4) is 0 Å². The second kappa shape index (κ2) is 7.41. The number of hydrogen-bond acceptors (Lipinski definition) is 6. The highest BCUT2D eigenvalue weighted by Gasteiger charge is 2.36. The monoisotopic (exact) mass is 256 g/mol. The molecule has 0 aliphatic carbocycles. The van der Waals surface area contributed by atoms with E-state index in [1.807, 2.05) is 6.92 Å². The van der Waals surface area contributed by atoms with E-state index in [2.05, 4.69) is 22.6 Å². The van der Waals surface area contributed by atoms with Crippen LogP contribution in [0.1, 0.15) is 19.8 Å². The van der Waals surface area contributed by atoms with Crippen LogP contribution in [-0.2, 0) is 19.1 Å². The van der Waals surface area contributed by atoms with Crippen LogP contribution in [0.4, 0.5) is 0 Å². The fourth-order valence-electron chi connectivity index (χ4n) is 0.899. The Bertz CT molecular complexity index is 367. The zero-order chi connectivity index (χ0) is 14.2. The summed E-state index contributed by atoms with van der Waals surface area (Å²) in [6.45, 7) is 8.10. The molecule has 0 heterocycles. The summed E-state index contributed by atoms with van der Waals surface area (Å²) in [5, 5.41) is 19.1. The standard InChI is InChI=1S/C12H16O6/c1-4-7-8-9(17-10(13)5-2)12(15,16)18-11(14)6-3/h5-6,8,15-16H,2-4,7H2,1H3/b9-8-. The number of carbonyl (C=O) groups excluding carboxylic acids is 2. The van der Waals surface area contributed by atoms with Crippen molar-refractivity contribution < 1.29 is 29.3 Å². The van der Waals surface area contributed by atoms with Crippen molar-refractivity contribution in [2.75, 3.05) is 0 Å². The molecule has 0 aromatic heterocycles. The van der Waals surface area contributed by atoms with Crippen LogP contribution in [0.15, 0.2) is 37.1 Å². The van der Waals surface area contributed by atoms with E-state index >= 15 is 0 Å². The average molecular weight is 256 g/mol. The first kappa shape index (κ1) is 16.1. The van der Waals surface area contributed by atoms with Gasteiger partial charge in [0.05, 0.1) is 0 Å². The predicted molar refractivity (Wildman–Crippen MR) is 62.7 cm³/mol. The van der Waals surface area contributed by atoms with Crippen LogP contribution < -0.4 is 0 Å². The summed E-state index contributed by atoms with van der Waals surface area (Å²) in [4.78, 5) is 21.9. The molecule has 2 N–H and O–H groups in total. The Kier molecular flexibility index (Phi) is 6.62. The van der Waals surface area contributed by atoms with Crippen LogP contribution in [0.5, 0.6) is 0 Å². The second-order valence-corrected chi connectivity index (χ2v) is 3.22. The van der Waals surface area contributed by atoms with Gasteiger partial charge >= 0.3 is 17.9 Å². The summed E-state index contributed by atoms with van der Waals surface area (Å²) in [5.41, 5.74) is 0. The van der Waals surface area contributed by atoms with Gasteiger partial charge in [0.1, 0.15) is 0 Å². The fraction of sp³-hybridized carbons (Fsp3) is 0.333. The number of ether oxygens (including phenoxy) is 2. The third kappa shape index (κ3) is 5.42. The van der Waals surface area contributed by atoms with Crippen LogP contribution in [0.25, 0.3) is 0 Å². The largest absolute Gasteiger partial charge is 0.418 e. The van der Waals surface area contributed by atoms with E-state index in [9.17, 15) is 19.8 Å². The van der Waals surface area contributed by atoms with Gasteiger partial charge in [-0.3, -0.25) is 0 Å². The van der Waals surface area contributed by atoms with E-state index in [4.69, 9.17) is 0 Å². The third-order valence-electron chi connectivity index (χ3n) is 1.73. The molecule has 0 unspecified atom stereocenters. The molecule has 0 aromatic rings. The molecule has 0 saturated heterocycles. The molecule has 0 aliphatic rings. The molecule has 0 saturated carbocycles. The van der Waals surface area contributed by atoms with Crippen LogP contribution in [0.2, 0.25) is 0 Å². The lowest BCUT2D eigenvalue weighted by atomic mass is 10.2. The third-order valence-corrected chi connectivity index (χ3v) is 1.73. The zero-order valence-corrected chi connectivity index (χ0v) is 10.1. The molecular formula is C12H16O6. The van der Waals surface area contributed by atoms with E-state index in [0.717, 1.165) is 12.2 Å². The number of allylic oxidation sites excluding steroid dienone is 1. The van der Waals surface area contributed by atoms with Gasteiger partial charge in [-0.05, 0) is 12.5 Å². The van der Waals surface area contributed by atoms with Crippen molar-refractivity contribution in [2.24, 2.45) is 0 Å². The first-order chi connectivity index (χ1) is 8.37. The van der Waals surface area contributed by atoms with Gasteiger partial charge in [0, 0.05) is 12.2 Å². The number of hydrogen-bond donors (Lipinski definition) is 2. The van der Waals surface area contributed by atoms with Crippen molar-refractivity contribution in [3.63, 3.8) is 0 Å². The van der Waals surface area contributed by atoms with Crippen molar-refractivity contribution in [1.82, 2.24) is 0 Å². The molecule has 0 fully saturated rings.